The lowest BCUT2D eigenvalue weighted by Crippen LogP contribution is -2.45. The Hall–Kier alpha value is -1.88. The highest BCUT2D eigenvalue weighted by Gasteiger charge is 2.65. The maximum absolute atomic E-state index is 12.7. The lowest BCUT2D eigenvalue weighted by atomic mass is 9.77. The Balaban J connectivity index is 1.66. The second-order valence-corrected chi connectivity index (χ2v) is 7.31. The highest BCUT2D eigenvalue weighted by molar-refractivity contribution is 5.90. The topological polar surface area (TPSA) is 69.7 Å². The van der Waals surface area contributed by atoms with Gasteiger partial charge in [-0.3, -0.25) is 4.79 Å². The Morgan fingerprint density at radius 3 is 2.83 bits per heavy atom. The van der Waals surface area contributed by atoms with Crippen molar-refractivity contribution in [2.24, 2.45) is 11.8 Å². The molecule has 130 valence electrons. The molecule has 0 radical (unpaired) electrons. The maximum atomic E-state index is 12.7. The molecule has 4 atom stereocenters. The van der Waals surface area contributed by atoms with Crippen LogP contribution in [-0.4, -0.2) is 41.6 Å². The molecule has 24 heavy (non-hydrogen) atoms. The molecule has 5 heteroatoms. The van der Waals surface area contributed by atoms with Gasteiger partial charge in [0.1, 0.15) is 5.60 Å². The molecule has 0 aromatic rings. The third-order valence-electron chi connectivity index (χ3n) is 5.20. The minimum atomic E-state index is -1.19. The van der Waals surface area contributed by atoms with Gasteiger partial charge in [0.05, 0.1) is 18.6 Å². The average Bonchev–Trinajstić information content (AvgIpc) is 3.13. The molecule has 1 spiro atoms. The lowest BCUT2D eigenvalue weighted by molar-refractivity contribution is -0.313. The molecule has 5 nitrogen and oxygen atoms in total. The molecule has 0 aromatic carbocycles. The summed E-state index contributed by atoms with van der Waals surface area (Å²) < 4.78 is 5.83. The van der Waals surface area contributed by atoms with E-state index in [0.29, 0.717) is 13.1 Å². The van der Waals surface area contributed by atoms with Gasteiger partial charge in [0, 0.05) is 18.4 Å². The van der Waals surface area contributed by atoms with Gasteiger partial charge in [0.15, 0.2) is 0 Å². The smallest absolute Gasteiger partial charge is 0.230 e. The normalized spacial score (nSPS) is 34.0. The number of allylic oxidation sites excluding steroid dienone is 3. The van der Waals surface area contributed by atoms with E-state index in [1.165, 1.54) is 11.1 Å². The van der Waals surface area contributed by atoms with Gasteiger partial charge in [-0.25, -0.2) is 0 Å². The van der Waals surface area contributed by atoms with Crippen LogP contribution in [0.2, 0.25) is 0 Å². The second-order valence-electron chi connectivity index (χ2n) is 7.31. The standard InChI is InChI=1S/C19H25NO4/c1-12(2)5-4-6-13(3)8-10-20-11-19-9-7-14(24-19)15(18(22)23)16(19)17(20)21/h5,7-9,14-16H,4,6,10-11H2,1-3H3,(H,22,23)/p-1/b13-8+/t14-,15+,16-,19+/m1/s1. The quantitative estimate of drug-likeness (QED) is 0.687. The zero-order valence-corrected chi connectivity index (χ0v) is 14.5. The van der Waals surface area contributed by atoms with E-state index in [2.05, 4.69) is 32.9 Å². The Morgan fingerprint density at radius 2 is 2.17 bits per heavy atom. The van der Waals surface area contributed by atoms with Crippen LogP contribution in [0.25, 0.3) is 0 Å². The molecule has 0 unspecified atom stereocenters. The summed E-state index contributed by atoms with van der Waals surface area (Å²) in [6, 6.07) is 0. The van der Waals surface area contributed by atoms with Gasteiger partial charge >= 0.3 is 0 Å². The molecule has 2 fully saturated rings. The highest BCUT2D eigenvalue weighted by atomic mass is 16.5. The van der Waals surface area contributed by atoms with E-state index in [-0.39, 0.29) is 5.91 Å². The Morgan fingerprint density at radius 1 is 1.42 bits per heavy atom. The van der Waals surface area contributed by atoms with Crippen molar-refractivity contribution in [1.29, 1.82) is 0 Å². The summed E-state index contributed by atoms with van der Waals surface area (Å²) in [5.41, 5.74) is 1.76. The van der Waals surface area contributed by atoms with Gasteiger partial charge < -0.3 is 19.5 Å². The first-order chi connectivity index (χ1) is 11.3. The van der Waals surface area contributed by atoms with Gasteiger partial charge in [0.25, 0.3) is 0 Å². The summed E-state index contributed by atoms with van der Waals surface area (Å²) >= 11 is 0. The van der Waals surface area contributed by atoms with Crippen LogP contribution in [0.15, 0.2) is 35.5 Å². The summed E-state index contributed by atoms with van der Waals surface area (Å²) in [5, 5.41) is 11.4. The molecule has 0 N–H and O–H groups in total. The van der Waals surface area contributed by atoms with Crippen LogP contribution in [0.3, 0.4) is 0 Å². The molecule has 3 aliphatic rings. The molecule has 0 aliphatic carbocycles. The van der Waals surface area contributed by atoms with E-state index in [1.54, 1.807) is 11.0 Å². The summed E-state index contributed by atoms with van der Waals surface area (Å²) in [6.45, 7) is 7.14. The molecule has 2 bridgehead atoms. The molecular formula is C19H24NO4-. The predicted octanol–water partition coefficient (Wildman–Crippen LogP) is 1.21. The summed E-state index contributed by atoms with van der Waals surface area (Å²) in [6.07, 6.45) is 9.31. The predicted molar refractivity (Wildman–Crippen MR) is 87.7 cm³/mol. The highest BCUT2D eigenvalue weighted by Crippen LogP contribution is 2.51. The van der Waals surface area contributed by atoms with Crippen LogP contribution in [0.1, 0.15) is 33.6 Å². The molecule has 3 rings (SSSR count). The number of hydrogen-bond donors (Lipinski definition) is 0. The fourth-order valence-corrected chi connectivity index (χ4v) is 3.96. The first-order valence-corrected chi connectivity index (χ1v) is 8.50. The number of carbonyl (C=O) groups is 2. The fraction of sp³-hybridized carbons (Fsp3) is 0.579. The Labute approximate surface area is 142 Å². The van der Waals surface area contributed by atoms with Gasteiger partial charge in [0.2, 0.25) is 5.91 Å². The third-order valence-corrected chi connectivity index (χ3v) is 5.20. The van der Waals surface area contributed by atoms with Crippen LogP contribution >= 0.6 is 0 Å². The van der Waals surface area contributed by atoms with Crippen molar-refractivity contribution in [3.05, 3.63) is 35.5 Å². The van der Waals surface area contributed by atoms with E-state index in [9.17, 15) is 14.7 Å². The Bertz CT molecular complexity index is 644. The number of likely N-dealkylation sites (tertiary alicyclic amines) is 1. The number of aliphatic carboxylic acids is 1. The molecule has 1 amide bonds. The minimum Gasteiger partial charge on any atom is -0.550 e. The number of carbonyl (C=O) groups excluding carboxylic acids is 2. The number of carboxylic acid groups (broad SMARTS) is 1. The van der Waals surface area contributed by atoms with Crippen LogP contribution in [0.5, 0.6) is 0 Å². The second kappa shape index (κ2) is 6.20. The number of rotatable bonds is 6. The first-order valence-electron chi connectivity index (χ1n) is 8.50. The number of nitrogens with zero attached hydrogens (tertiary/aromatic N) is 1. The van der Waals surface area contributed by atoms with Crippen LogP contribution in [0.4, 0.5) is 0 Å². The zero-order chi connectivity index (χ0) is 17.5. The van der Waals surface area contributed by atoms with Crippen molar-refractivity contribution >= 4 is 11.9 Å². The first kappa shape index (κ1) is 17.0. The van der Waals surface area contributed by atoms with Crippen LogP contribution in [0, 0.1) is 11.8 Å². The number of hydrogen-bond acceptors (Lipinski definition) is 4. The van der Waals surface area contributed by atoms with Crippen molar-refractivity contribution < 1.29 is 19.4 Å². The zero-order valence-electron chi connectivity index (χ0n) is 14.5. The molecule has 0 aromatic heterocycles. The van der Waals surface area contributed by atoms with Gasteiger partial charge in [-0.2, -0.15) is 0 Å². The van der Waals surface area contributed by atoms with E-state index >= 15 is 0 Å². The van der Waals surface area contributed by atoms with Crippen molar-refractivity contribution in [3.8, 4) is 0 Å². The number of ether oxygens (including phenoxy) is 1. The lowest BCUT2D eigenvalue weighted by Gasteiger charge is -2.24. The molecule has 3 heterocycles. The van der Waals surface area contributed by atoms with Crippen molar-refractivity contribution in [3.63, 3.8) is 0 Å². The SMILES string of the molecule is CC(C)=CCC/C(C)=C/CN1C[C@]23C=C[C@@H](O2)[C@H](C(=O)[O-])[C@@H]3C1=O. The van der Waals surface area contributed by atoms with Gasteiger partial charge in [-0.1, -0.05) is 35.5 Å². The van der Waals surface area contributed by atoms with Gasteiger partial charge in [-0.15, -0.1) is 0 Å². The maximum Gasteiger partial charge on any atom is 0.230 e. The number of fused-ring (bicyclic) bond motifs is 1. The van der Waals surface area contributed by atoms with E-state index < -0.39 is 29.5 Å². The molecule has 2 saturated heterocycles. The van der Waals surface area contributed by atoms with Crippen molar-refractivity contribution in [2.75, 3.05) is 13.1 Å². The monoisotopic (exact) mass is 330 g/mol. The Kier molecular flexibility index (Phi) is 4.38. The van der Waals surface area contributed by atoms with E-state index in [1.807, 2.05) is 6.08 Å². The largest absolute Gasteiger partial charge is 0.550 e. The number of amides is 1. The summed E-state index contributed by atoms with van der Waals surface area (Å²) in [7, 11) is 0. The van der Waals surface area contributed by atoms with Crippen molar-refractivity contribution in [2.45, 2.75) is 45.3 Å². The minimum absolute atomic E-state index is 0.135. The average molecular weight is 330 g/mol. The summed E-state index contributed by atoms with van der Waals surface area (Å²) in [5.74, 6) is -2.84. The van der Waals surface area contributed by atoms with Crippen LogP contribution in [-0.2, 0) is 14.3 Å². The molecule has 3 aliphatic heterocycles. The number of carboxylic acids is 1. The van der Waals surface area contributed by atoms with E-state index in [0.717, 1.165) is 12.8 Å². The molecule has 0 saturated carbocycles. The van der Waals surface area contributed by atoms with Gasteiger partial charge in [-0.05, 0) is 33.6 Å². The molecular weight excluding hydrogens is 306 g/mol. The fourth-order valence-electron chi connectivity index (χ4n) is 3.96. The van der Waals surface area contributed by atoms with Crippen molar-refractivity contribution in [1.82, 2.24) is 4.90 Å². The van der Waals surface area contributed by atoms with E-state index in [4.69, 9.17) is 4.74 Å². The summed E-state index contributed by atoms with van der Waals surface area (Å²) in [4.78, 5) is 25.8. The van der Waals surface area contributed by atoms with Crippen LogP contribution < -0.4 is 5.11 Å². The third kappa shape index (κ3) is 2.81.